The van der Waals surface area contributed by atoms with Crippen LogP contribution in [0.5, 0.6) is 23.0 Å². The maximum atomic E-state index is 13.3. The maximum absolute atomic E-state index is 13.3. The minimum absolute atomic E-state index is 0.0440. The number of hydrogen-bond acceptors (Lipinski definition) is 8. The quantitative estimate of drug-likeness (QED) is 0.272. The number of fused-ring (bicyclic) bond motifs is 1. The second-order valence-corrected chi connectivity index (χ2v) is 8.67. The molecule has 0 aliphatic carbocycles. The number of phenols is 1. The van der Waals surface area contributed by atoms with Gasteiger partial charge in [-0.2, -0.15) is 0 Å². The van der Waals surface area contributed by atoms with Crippen LogP contribution in [0.3, 0.4) is 0 Å². The Morgan fingerprint density at radius 3 is 2.68 bits per heavy atom. The molecule has 37 heavy (non-hydrogen) atoms. The summed E-state index contributed by atoms with van der Waals surface area (Å²) in [7, 11) is 0. The van der Waals surface area contributed by atoms with Gasteiger partial charge in [0.15, 0.2) is 23.0 Å². The molecule has 1 aromatic heterocycles. The normalized spacial score (nSPS) is 18.3. The molecule has 3 aromatic rings. The summed E-state index contributed by atoms with van der Waals surface area (Å²) in [6, 6.07) is 8.66. The summed E-state index contributed by atoms with van der Waals surface area (Å²) in [4.78, 5) is 32.0. The van der Waals surface area contributed by atoms with E-state index in [0.717, 1.165) is 0 Å². The van der Waals surface area contributed by atoms with Crippen LogP contribution in [0, 0.1) is 0 Å². The number of carbonyl (C=O) groups excluding carboxylic acids is 2. The molecule has 1 atom stereocenters. The number of ketones is 1. The van der Waals surface area contributed by atoms with E-state index in [0.29, 0.717) is 55.4 Å². The fourth-order valence-electron chi connectivity index (χ4n) is 4.62. The monoisotopic (exact) mass is 505 g/mol. The van der Waals surface area contributed by atoms with Gasteiger partial charge < -0.3 is 33.9 Å². The highest BCUT2D eigenvalue weighted by molar-refractivity contribution is 6.46. The highest BCUT2D eigenvalue weighted by Gasteiger charge is 2.46. The van der Waals surface area contributed by atoms with Gasteiger partial charge in [-0.3, -0.25) is 9.59 Å². The Morgan fingerprint density at radius 2 is 1.92 bits per heavy atom. The standard InChI is InChI=1S/C27H27N3O7/c1-2-35-21-14-17(4-6-19(21)31)24-23(25(32)18-5-7-20-22(15-18)37-13-12-36-20)26(33)27(34)30(24)10-3-9-29-11-8-28-16-29/h4-8,11,14-16,24,31-32H,2-3,9-10,12-13H2,1H3/t24-/m0/s1. The van der Waals surface area contributed by atoms with Crippen molar-refractivity contribution in [2.75, 3.05) is 26.4 Å². The minimum atomic E-state index is -0.879. The number of hydrogen-bond donors (Lipinski definition) is 2. The lowest BCUT2D eigenvalue weighted by Gasteiger charge is -2.26. The van der Waals surface area contributed by atoms with Crippen molar-refractivity contribution < 1.29 is 34.0 Å². The smallest absolute Gasteiger partial charge is 0.295 e. The number of benzene rings is 2. The van der Waals surface area contributed by atoms with Crippen LogP contribution in [0.25, 0.3) is 5.76 Å². The molecular formula is C27H27N3O7. The third kappa shape index (κ3) is 4.69. The van der Waals surface area contributed by atoms with Gasteiger partial charge in [-0.15, -0.1) is 0 Å². The maximum Gasteiger partial charge on any atom is 0.295 e. The Kier molecular flexibility index (Phi) is 6.72. The predicted molar refractivity (Wildman–Crippen MR) is 133 cm³/mol. The lowest BCUT2D eigenvalue weighted by Crippen LogP contribution is -2.31. The molecule has 3 heterocycles. The number of rotatable bonds is 8. The van der Waals surface area contributed by atoms with E-state index in [1.807, 2.05) is 10.8 Å². The van der Waals surface area contributed by atoms with Crippen molar-refractivity contribution in [1.29, 1.82) is 0 Å². The Morgan fingerprint density at radius 1 is 1.11 bits per heavy atom. The summed E-state index contributed by atoms with van der Waals surface area (Å²) in [6.45, 7) is 3.75. The van der Waals surface area contributed by atoms with E-state index >= 15 is 0 Å². The van der Waals surface area contributed by atoms with E-state index in [1.165, 1.54) is 11.0 Å². The number of aryl methyl sites for hydroxylation is 1. The Labute approximate surface area is 213 Å². The molecule has 0 saturated carbocycles. The SMILES string of the molecule is CCOc1cc([C@H]2C(=C(O)c3ccc4c(c3)OCCO4)C(=O)C(=O)N2CCCn2ccnc2)ccc1O. The minimum Gasteiger partial charge on any atom is -0.507 e. The largest absolute Gasteiger partial charge is 0.507 e. The molecule has 0 spiro atoms. The summed E-state index contributed by atoms with van der Waals surface area (Å²) in [6.07, 6.45) is 5.73. The van der Waals surface area contributed by atoms with Gasteiger partial charge >= 0.3 is 0 Å². The van der Waals surface area contributed by atoms with Gasteiger partial charge in [-0.25, -0.2) is 4.98 Å². The third-order valence-electron chi connectivity index (χ3n) is 6.33. The van der Waals surface area contributed by atoms with Gasteiger partial charge in [-0.1, -0.05) is 6.07 Å². The number of carbonyl (C=O) groups is 2. The van der Waals surface area contributed by atoms with Crippen molar-refractivity contribution in [3.05, 3.63) is 71.8 Å². The number of likely N-dealkylation sites (tertiary alicyclic amines) is 1. The topological polar surface area (TPSA) is 123 Å². The number of ether oxygens (including phenoxy) is 3. The van der Waals surface area contributed by atoms with Gasteiger partial charge in [0.25, 0.3) is 11.7 Å². The summed E-state index contributed by atoms with van der Waals surface area (Å²) >= 11 is 0. The van der Waals surface area contributed by atoms with E-state index in [9.17, 15) is 19.8 Å². The van der Waals surface area contributed by atoms with E-state index in [-0.39, 0.29) is 29.4 Å². The van der Waals surface area contributed by atoms with Crippen molar-refractivity contribution in [2.45, 2.75) is 25.9 Å². The first kappa shape index (κ1) is 24.2. The number of phenolic OH excluding ortho intramolecular Hbond substituents is 1. The molecule has 0 unspecified atom stereocenters. The number of aliphatic hydroxyl groups is 1. The molecule has 2 aromatic carbocycles. The van der Waals surface area contributed by atoms with Crippen LogP contribution in [-0.4, -0.2) is 62.7 Å². The number of imidazole rings is 1. The van der Waals surface area contributed by atoms with Crippen molar-refractivity contribution in [1.82, 2.24) is 14.5 Å². The van der Waals surface area contributed by atoms with Crippen LogP contribution < -0.4 is 14.2 Å². The second kappa shape index (κ2) is 10.3. The fraction of sp³-hybridized carbons (Fsp3) is 0.296. The molecular weight excluding hydrogens is 478 g/mol. The first-order valence-electron chi connectivity index (χ1n) is 12.1. The molecule has 192 valence electrons. The molecule has 2 N–H and O–H groups in total. The molecule has 1 fully saturated rings. The summed E-state index contributed by atoms with van der Waals surface area (Å²) in [5.41, 5.74) is 0.814. The molecule has 2 aliphatic heterocycles. The summed E-state index contributed by atoms with van der Waals surface area (Å²) < 4.78 is 18.6. The fourth-order valence-corrected chi connectivity index (χ4v) is 4.62. The molecule has 5 rings (SSSR count). The lowest BCUT2D eigenvalue weighted by atomic mass is 9.94. The predicted octanol–water partition coefficient (Wildman–Crippen LogP) is 3.27. The number of aliphatic hydroxyl groups excluding tert-OH is 1. The first-order valence-corrected chi connectivity index (χ1v) is 12.1. The van der Waals surface area contributed by atoms with Crippen molar-refractivity contribution >= 4 is 17.4 Å². The molecule has 1 amide bonds. The number of amides is 1. The van der Waals surface area contributed by atoms with E-state index in [1.54, 1.807) is 49.8 Å². The highest BCUT2D eigenvalue weighted by atomic mass is 16.6. The van der Waals surface area contributed by atoms with Crippen LogP contribution in [0.2, 0.25) is 0 Å². The molecule has 2 aliphatic rings. The number of aromatic nitrogens is 2. The van der Waals surface area contributed by atoms with Crippen LogP contribution in [0.15, 0.2) is 60.7 Å². The lowest BCUT2D eigenvalue weighted by molar-refractivity contribution is -0.139. The van der Waals surface area contributed by atoms with Crippen LogP contribution in [-0.2, 0) is 16.1 Å². The molecule has 10 heteroatoms. The van der Waals surface area contributed by atoms with Crippen LogP contribution in [0.4, 0.5) is 0 Å². The van der Waals surface area contributed by atoms with Crippen LogP contribution >= 0.6 is 0 Å². The van der Waals surface area contributed by atoms with Gasteiger partial charge in [0.1, 0.15) is 19.0 Å². The first-order chi connectivity index (χ1) is 18.0. The van der Waals surface area contributed by atoms with Gasteiger partial charge in [0.05, 0.1) is 24.5 Å². The van der Waals surface area contributed by atoms with Crippen molar-refractivity contribution in [3.63, 3.8) is 0 Å². The van der Waals surface area contributed by atoms with Crippen LogP contribution in [0.1, 0.15) is 30.5 Å². The van der Waals surface area contributed by atoms with E-state index in [2.05, 4.69) is 4.98 Å². The average molecular weight is 506 g/mol. The van der Waals surface area contributed by atoms with Crippen molar-refractivity contribution in [2.24, 2.45) is 0 Å². The third-order valence-corrected chi connectivity index (χ3v) is 6.33. The molecule has 10 nitrogen and oxygen atoms in total. The average Bonchev–Trinajstić information content (AvgIpc) is 3.52. The summed E-state index contributed by atoms with van der Waals surface area (Å²) in [5.74, 6) is -0.656. The van der Waals surface area contributed by atoms with Gasteiger partial charge in [-0.05, 0) is 49.2 Å². The zero-order valence-corrected chi connectivity index (χ0v) is 20.3. The Bertz CT molecular complexity index is 1350. The van der Waals surface area contributed by atoms with E-state index < -0.39 is 17.7 Å². The summed E-state index contributed by atoms with van der Waals surface area (Å²) in [5, 5.41) is 21.6. The highest BCUT2D eigenvalue weighted by Crippen LogP contribution is 2.43. The molecule has 0 bridgehead atoms. The Hall–Kier alpha value is -4.47. The van der Waals surface area contributed by atoms with Gasteiger partial charge in [0, 0.05) is 31.0 Å². The molecule has 1 saturated heterocycles. The van der Waals surface area contributed by atoms with Gasteiger partial charge in [0.2, 0.25) is 0 Å². The Balaban J connectivity index is 1.56. The zero-order chi connectivity index (χ0) is 25.9. The molecule has 0 radical (unpaired) electrons. The van der Waals surface area contributed by atoms with E-state index in [4.69, 9.17) is 14.2 Å². The zero-order valence-electron chi connectivity index (χ0n) is 20.3. The number of Topliss-reactive ketones (excluding diaryl/α,β-unsaturated/α-hetero) is 1. The second-order valence-electron chi connectivity index (χ2n) is 8.67. The van der Waals surface area contributed by atoms with Crippen molar-refractivity contribution in [3.8, 4) is 23.0 Å². The number of aromatic hydroxyl groups is 1. The number of nitrogens with zero attached hydrogens (tertiary/aromatic N) is 3.